The van der Waals surface area contributed by atoms with Gasteiger partial charge < -0.3 is 14.5 Å². The summed E-state index contributed by atoms with van der Waals surface area (Å²) in [5.41, 5.74) is 2.06. The lowest BCUT2D eigenvalue weighted by Gasteiger charge is -2.12. The number of benzene rings is 2. The Morgan fingerprint density at radius 1 is 1.17 bits per heavy atom. The molecule has 0 radical (unpaired) electrons. The van der Waals surface area contributed by atoms with E-state index >= 15 is 0 Å². The van der Waals surface area contributed by atoms with Gasteiger partial charge in [-0.2, -0.15) is 0 Å². The summed E-state index contributed by atoms with van der Waals surface area (Å²) in [5, 5.41) is 3.92. The molecule has 1 aromatic heterocycles. The summed E-state index contributed by atoms with van der Waals surface area (Å²) >= 11 is 0. The van der Waals surface area contributed by atoms with E-state index < -0.39 is 0 Å². The van der Waals surface area contributed by atoms with E-state index in [1.807, 2.05) is 61.5 Å². The summed E-state index contributed by atoms with van der Waals surface area (Å²) in [4.78, 5) is 12.1. The van der Waals surface area contributed by atoms with Gasteiger partial charge in [0.2, 0.25) is 0 Å². The average Bonchev–Trinajstić information content (AvgIpc) is 3.05. The molecule has 0 saturated carbocycles. The van der Waals surface area contributed by atoms with Gasteiger partial charge in [-0.15, -0.1) is 0 Å². The highest BCUT2D eigenvalue weighted by Crippen LogP contribution is 2.23. The lowest BCUT2D eigenvalue weighted by atomic mass is 10.2. The maximum atomic E-state index is 12.1. The Morgan fingerprint density at radius 2 is 1.92 bits per heavy atom. The Labute approximate surface area is 141 Å². The number of furan rings is 1. The first kappa shape index (κ1) is 16.1. The van der Waals surface area contributed by atoms with Gasteiger partial charge in [0.15, 0.2) is 6.61 Å². The fourth-order valence-corrected chi connectivity index (χ4v) is 2.54. The van der Waals surface area contributed by atoms with Crippen molar-refractivity contribution < 1.29 is 13.9 Å². The molecule has 4 nitrogen and oxygen atoms in total. The van der Waals surface area contributed by atoms with Crippen molar-refractivity contribution in [3.8, 4) is 5.75 Å². The van der Waals surface area contributed by atoms with Crippen LogP contribution in [0.2, 0.25) is 0 Å². The topological polar surface area (TPSA) is 51.5 Å². The lowest BCUT2D eigenvalue weighted by Crippen LogP contribution is -2.31. The number of hydrogen-bond acceptors (Lipinski definition) is 3. The second-order valence-corrected chi connectivity index (χ2v) is 5.76. The number of hydrogen-bond donors (Lipinski definition) is 1. The summed E-state index contributed by atoms with van der Waals surface area (Å²) in [6.07, 6.45) is 0.982. The van der Waals surface area contributed by atoms with E-state index in [0.29, 0.717) is 5.75 Å². The van der Waals surface area contributed by atoms with Gasteiger partial charge in [0.25, 0.3) is 5.91 Å². The van der Waals surface area contributed by atoms with Gasteiger partial charge in [0.1, 0.15) is 17.1 Å². The second-order valence-electron chi connectivity index (χ2n) is 5.76. The number of fused-ring (bicyclic) bond motifs is 1. The molecule has 3 aromatic rings. The zero-order valence-corrected chi connectivity index (χ0v) is 13.9. The summed E-state index contributed by atoms with van der Waals surface area (Å²) in [6, 6.07) is 17.3. The number of nitrogens with one attached hydrogen (secondary N) is 1. The Kier molecular flexibility index (Phi) is 4.85. The molecular formula is C20H21NO3. The predicted molar refractivity (Wildman–Crippen MR) is 94.1 cm³/mol. The normalized spacial score (nSPS) is 12.1. The molecule has 3 rings (SSSR count). The number of aryl methyl sites for hydroxylation is 1. The van der Waals surface area contributed by atoms with E-state index in [1.54, 1.807) is 0 Å². The van der Waals surface area contributed by atoms with E-state index in [9.17, 15) is 4.79 Å². The van der Waals surface area contributed by atoms with Crippen LogP contribution < -0.4 is 10.1 Å². The van der Waals surface area contributed by atoms with Gasteiger partial charge >= 0.3 is 0 Å². The molecule has 0 aliphatic heterocycles. The van der Waals surface area contributed by atoms with Crippen molar-refractivity contribution >= 4 is 16.9 Å². The molecular weight excluding hydrogens is 302 g/mol. The van der Waals surface area contributed by atoms with Crippen LogP contribution in [0, 0.1) is 0 Å². The van der Waals surface area contributed by atoms with Crippen LogP contribution in [0.1, 0.15) is 31.2 Å². The van der Waals surface area contributed by atoms with Crippen LogP contribution in [0.4, 0.5) is 0 Å². The minimum Gasteiger partial charge on any atom is -0.484 e. The van der Waals surface area contributed by atoms with Crippen LogP contribution in [0.5, 0.6) is 5.75 Å². The highest BCUT2D eigenvalue weighted by Gasteiger charge is 2.14. The molecule has 0 aliphatic rings. The average molecular weight is 323 g/mol. The van der Waals surface area contributed by atoms with Crippen LogP contribution in [0.3, 0.4) is 0 Å². The van der Waals surface area contributed by atoms with E-state index in [-0.39, 0.29) is 18.6 Å². The minimum atomic E-state index is -0.212. The maximum absolute atomic E-state index is 12.1. The highest BCUT2D eigenvalue weighted by atomic mass is 16.5. The van der Waals surface area contributed by atoms with E-state index in [2.05, 4.69) is 12.2 Å². The largest absolute Gasteiger partial charge is 0.484 e. The molecule has 0 aliphatic carbocycles. The fourth-order valence-electron chi connectivity index (χ4n) is 2.54. The number of para-hydroxylation sites is 1. The third-order valence-electron chi connectivity index (χ3n) is 3.95. The van der Waals surface area contributed by atoms with Gasteiger partial charge in [-0.05, 0) is 43.2 Å². The predicted octanol–water partition coefficient (Wildman–Crippen LogP) is 4.25. The summed E-state index contributed by atoms with van der Waals surface area (Å²) in [5.74, 6) is 1.25. The van der Waals surface area contributed by atoms with Crippen molar-refractivity contribution in [3.05, 3.63) is 65.9 Å². The van der Waals surface area contributed by atoms with Gasteiger partial charge in [0.05, 0.1) is 6.04 Å². The van der Waals surface area contributed by atoms with Crippen molar-refractivity contribution in [1.82, 2.24) is 5.32 Å². The monoisotopic (exact) mass is 323 g/mol. The van der Waals surface area contributed by atoms with Crippen LogP contribution in [-0.4, -0.2) is 12.5 Å². The molecule has 1 N–H and O–H groups in total. The van der Waals surface area contributed by atoms with E-state index in [0.717, 1.165) is 23.2 Å². The Hall–Kier alpha value is -2.75. The minimum absolute atomic E-state index is 0.0178. The van der Waals surface area contributed by atoms with Crippen molar-refractivity contribution in [3.63, 3.8) is 0 Å². The molecule has 0 bridgehead atoms. The molecule has 1 amide bonds. The molecule has 1 heterocycles. The molecule has 0 fully saturated rings. The van der Waals surface area contributed by atoms with Gasteiger partial charge in [-0.3, -0.25) is 4.79 Å². The van der Waals surface area contributed by atoms with Crippen LogP contribution >= 0.6 is 0 Å². The maximum Gasteiger partial charge on any atom is 0.258 e. The molecule has 1 atom stereocenters. The standard InChI is InChI=1S/C20H21NO3/c1-3-15-8-10-17(11-9-15)23-13-20(22)21-14(2)19-12-16-6-4-5-7-18(16)24-19/h4-12,14H,3,13H2,1-2H3,(H,21,22)/t14-/m1/s1. The Bertz CT molecular complexity index is 787. The Balaban J connectivity index is 1.55. The molecule has 4 heteroatoms. The van der Waals surface area contributed by atoms with Gasteiger partial charge in [-0.25, -0.2) is 0 Å². The highest BCUT2D eigenvalue weighted by molar-refractivity contribution is 5.79. The molecule has 124 valence electrons. The zero-order chi connectivity index (χ0) is 16.9. The van der Waals surface area contributed by atoms with Crippen LogP contribution in [-0.2, 0) is 11.2 Å². The smallest absolute Gasteiger partial charge is 0.258 e. The molecule has 0 spiro atoms. The van der Waals surface area contributed by atoms with E-state index in [1.165, 1.54) is 5.56 Å². The van der Waals surface area contributed by atoms with Crippen molar-refractivity contribution in [2.24, 2.45) is 0 Å². The first-order valence-electron chi connectivity index (χ1n) is 8.15. The van der Waals surface area contributed by atoms with Crippen LogP contribution in [0.25, 0.3) is 11.0 Å². The first-order valence-corrected chi connectivity index (χ1v) is 8.15. The number of amides is 1. The van der Waals surface area contributed by atoms with Crippen molar-refractivity contribution in [2.45, 2.75) is 26.3 Å². The van der Waals surface area contributed by atoms with Crippen LogP contribution in [0.15, 0.2) is 59.0 Å². The summed E-state index contributed by atoms with van der Waals surface area (Å²) in [6.45, 7) is 3.98. The van der Waals surface area contributed by atoms with E-state index in [4.69, 9.17) is 9.15 Å². The molecule has 2 aromatic carbocycles. The third kappa shape index (κ3) is 3.77. The van der Waals surface area contributed by atoms with Crippen molar-refractivity contribution in [1.29, 1.82) is 0 Å². The number of carbonyl (C=O) groups excluding carboxylic acids is 1. The number of rotatable bonds is 6. The fraction of sp³-hybridized carbons (Fsp3) is 0.250. The quantitative estimate of drug-likeness (QED) is 0.738. The number of ether oxygens (including phenoxy) is 1. The summed E-state index contributed by atoms with van der Waals surface area (Å²) < 4.78 is 11.3. The second kappa shape index (κ2) is 7.21. The summed E-state index contributed by atoms with van der Waals surface area (Å²) in [7, 11) is 0. The Morgan fingerprint density at radius 3 is 2.62 bits per heavy atom. The first-order chi connectivity index (χ1) is 11.7. The molecule has 24 heavy (non-hydrogen) atoms. The molecule has 0 saturated heterocycles. The molecule has 0 unspecified atom stereocenters. The van der Waals surface area contributed by atoms with Crippen molar-refractivity contribution in [2.75, 3.05) is 6.61 Å². The van der Waals surface area contributed by atoms with Gasteiger partial charge in [-0.1, -0.05) is 37.3 Å². The zero-order valence-electron chi connectivity index (χ0n) is 13.9. The number of carbonyl (C=O) groups is 1. The van der Waals surface area contributed by atoms with Gasteiger partial charge in [0, 0.05) is 5.39 Å². The SMILES string of the molecule is CCc1ccc(OCC(=O)N[C@H](C)c2cc3ccccc3o2)cc1. The lowest BCUT2D eigenvalue weighted by molar-refractivity contribution is -0.123. The third-order valence-corrected chi connectivity index (χ3v) is 3.95.